The molecule has 0 aliphatic rings. The second kappa shape index (κ2) is 7.16. The smallest absolute Gasteiger partial charge is 0.218 e. The van der Waals surface area contributed by atoms with Gasteiger partial charge < -0.3 is 15.4 Å². The molecule has 0 amide bonds. The van der Waals surface area contributed by atoms with E-state index in [1.165, 1.54) is 6.33 Å². The van der Waals surface area contributed by atoms with E-state index in [4.69, 9.17) is 10.5 Å². The van der Waals surface area contributed by atoms with Gasteiger partial charge in [-0.15, -0.1) is 0 Å². The molecular weight excluding hydrogens is 228 g/mol. The highest BCUT2D eigenvalue weighted by atomic mass is 16.5. The highest BCUT2D eigenvalue weighted by Crippen LogP contribution is 2.15. The first kappa shape index (κ1) is 14.7. The van der Waals surface area contributed by atoms with Gasteiger partial charge in [-0.05, 0) is 19.3 Å². The van der Waals surface area contributed by atoms with Crippen LogP contribution in [0.3, 0.4) is 0 Å². The van der Waals surface area contributed by atoms with Gasteiger partial charge in [0.15, 0.2) is 0 Å². The zero-order valence-corrected chi connectivity index (χ0v) is 11.8. The fourth-order valence-corrected chi connectivity index (χ4v) is 1.56. The fraction of sp³-hybridized carbons (Fsp3) is 0.692. The Morgan fingerprint density at radius 2 is 2.11 bits per heavy atom. The lowest BCUT2D eigenvalue weighted by Crippen LogP contribution is -2.32. The molecule has 0 aliphatic heterocycles. The summed E-state index contributed by atoms with van der Waals surface area (Å²) in [6, 6.07) is 2.07. The summed E-state index contributed by atoms with van der Waals surface area (Å²) in [5, 5.41) is 0. The third-order valence-corrected chi connectivity index (χ3v) is 2.97. The molecule has 0 spiro atoms. The van der Waals surface area contributed by atoms with Gasteiger partial charge in [-0.1, -0.05) is 13.8 Å². The van der Waals surface area contributed by atoms with Crippen molar-refractivity contribution in [2.45, 2.75) is 33.2 Å². The Balaban J connectivity index is 2.55. The summed E-state index contributed by atoms with van der Waals surface area (Å²) in [4.78, 5) is 10.4. The van der Waals surface area contributed by atoms with Crippen molar-refractivity contribution >= 4 is 5.82 Å². The zero-order valence-electron chi connectivity index (χ0n) is 11.8. The Kier molecular flexibility index (Phi) is 5.85. The zero-order chi connectivity index (χ0) is 13.5. The van der Waals surface area contributed by atoms with Gasteiger partial charge in [0.2, 0.25) is 5.88 Å². The van der Waals surface area contributed by atoms with Crippen LogP contribution in [-0.4, -0.2) is 36.2 Å². The molecule has 0 saturated carbocycles. The Bertz CT molecular complexity index is 357. The van der Waals surface area contributed by atoms with E-state index in [1.807, 2.05) is 20.0 Å². The topological polar surface area (TPSA) is 64.3 Å². The first-order chi connectivity index (χ1) is 8.54. The fourth-order valence-electron chi connectivity index (χ4n) is 1.56. The van der Waals surface area contributed by atoms with Gasteiger partial charge in [-0.3, -0.25) is 0 Å². The van der Waals surface area contributed by atoms with Gasteiger partial charge in [0.05, 0.1) is 6.61 Å². The standard InChI is InChI=1S/C13H24N4O/c1-5-18-13-8-12(15-9-16-13)17(4)7-6-11(14)10(2)3/h8-11H,5-7,14H2,1-4H3. The number of anilines is 1. The van der Waals surface area contributed by atoms with Gasteiger partial charge in [0.25, 0.3) is 0 Å². The maximum absolute atomic E-state index is 6.04. The number of nitrogens with two attached hydrogens (primary N) is 1. The minimum absolute atomic E-state index is 0.223. The van der Waals surface area contributed by atoms with Crippen molar-refractivity contribution in [2.24, 2.45) is 11.7 Å². The Morgan fingerprint density at radius 1 is 1.39 bits per heavy atom. The molecular formula is C13H24N4O. The maximum Gasteiger partial charge on any atom is 0.218 e. The molecule has 1 unspecified atom stereocenters. The van der Waals surface area contributed by atoms with Crippen LogP contribution in [0.5, 0.6) is 5.88 Å². The average Bonchev–Trinajstić information content (AvgIpc) is 2.36. The molecule has 5 nitrogen and oxygen atoms in total. The summed E-state index contributed by atoms with van der Waals surface area (Å²) in [5.41, 5.74) is 6.04. The second-order valence-corrected chi connectivity index (χ2v) is 4.77. The molecule has 2 N–H and O–H groups in total. The largest absolute Gasteiger partial charge is 0.478 e. The molecule has 102 valence electrons. The SMILES string of the molecule is CCOc1cc(N(C)CCC(N)C(C)C)ncn1. The monoisotopic (exact) mass is 252 g/mol. The van der Waals surface area contributed by atoms with E-state index in [1.54, 1.807) is 0 Å². The van der Waals surface area contributed by atoms with Crippen LogP contribution in [0.4, 0.5) is 5.82 Å². The number of nitrogens with zero attached hydrogens (tertiary/aromatic N) is 3. The van der Waals surface area contributed by atoms with Crippen LogP contribution in [0, 0.1) is 5.92 Å². The predicted molar refractivity (Wildman–Crippen MR) is 73.9 cm³/mol. The average molecular weight is 252 g/mol. The molecule has 0 radical (unpaired) electrons. The molecule has 0 bridgehead atoms. The van der Waals surface area contributed by atoms with Crippen LogP contribution in [0.25, 0.3) is 0 Å². The molecule has 1 aromatic rings. The number of hydrogen-bond acceptors (Lipinski definition) is 5. The Hall–Kier alpha value is -1.36. The van der Waals surface area contributed by atoms with Crippen molar-refractivity contribution in [3.8, 4) is 5.88 Å². The molecule has 1 heterocycles. The highest BCUT2D eigenvalue weighted by Gasteiger charge is 2.10. The number of hydrogen-bond donors (Lipinski definition) is 1. The second-order valence-electron chi connectivity index (χ2n) is 4.77. The van der Waals surface area contributed by atoms with Gasteiger partial charge >= 0.3 is 0 Å². The predicted octanol–water partition coefficient (Wildman–Crippen LogP) is 1.68. The first-order valence-electron chi connectivity index (χ1n) is 6.46. The molecule has 0 aliphatic carbocycles. The summed E-state index contributed by atoms with van der Waals surface area (Å²) in [5.74, 6) is 1.98. The number of ether oxygens (including phenoxy) is 1. The molecule has 0 saturated heterocycles. The van der Waals surface area contributed by atoms with E-state index < -0.39 is 0 Å². The Morgan fingerprint density at radius 3 is 2.72 bits per heavy atom. The number of rotatable bonds is 7. The van der Waals surface area contributed by atoms with Crippen LogP contribution in [0.1, 0.15) is 27.2 Å². The van der Waals surface area contributed by atoms with Gasteiger partial charge in [0, 0.05) is 25.7 Å². The molecule has 5 heteroatoms. The minimum Gasteiger partial charge on any atom is -0.478 e. The van der Waals surface area contributed by atoms with Crippen molar-refractivity contribution in [3.05, 3.63) is 12.4 Å². The molecule has 1 aromatic heterocycles. The van der Waals surface area contributed by atoms with Crippen LogP contribution < -0.4 is 15.4 Å². The van der Waals surface area contributed by atoms with Crippen molar-refractivity contribution in [2.75, 3.05) is 25.1 Å². The Labute approximate surface area is 109 Å². The minimum atomic E-state index is 0.223. The highest BCUT2D eigenvalue weighted by molar-refractivity contribution is 5.39. The number of aromatic nitrogens is 2. The lowest BCUT2D eigenvalue weighted by atomic mass is 10.0. The van der Waals surface area contributed by atoms with Gasteiger partial charge in [0.1, 0.15) is 12.1 Å². The van der Waals surface area contributed by atoms with E-state index >= 15 is 0 Å². The molecule has 1 atom stereocenters. The summed E-state index contributed by atoms with van der Waals surface area (Å²) >= 11 is 0. The first-order valence-corrected chi connectivity index (χ1v) is 6.46. The molecule has 1 rings (SSSR count). The van der Waals surface area contributed by atoms with Gasteiger partial charge in [-0.2, -0.15) is 0 Å². The normalized spacial score (nSPS) is 12.6. The third-order valence-electron chi connectivity index (χ3n) is 2.97. The summed E-state index contributed by atoms with van der Waals surface area (Å²) in [6.07, 6.45) is 2.47. The molecule has 0 fully saturated rings. The van der Waals surface area contributed by atoms with E-state index in [-0.39, 0.29) is 6.04 Å². The lowest BCUT2D eigenvalue weighted by molar-refractivity contribution is 0.326. The summed E-state index contributed by atoms with van der Waals surface area (Å²) < 4.78 is 5.36. The van der Waals surface area contributed by atoms with E-state index in [2.05, 4.69) is 28.7 Å². The van der Waals surface area contributed by atoms with Crippen molar-refractivity contribution in [3.63, 3.8) is 0 Å². The van der Waals surface area contributed by atoms with Crippen LogP contribution in [0.15, 0.2) is 12.4 Å². The maximum atomic E-state index is 6.04. The van der Waals surface area contributed by atoms with Crippen LogP contribution >= 0.6 is 0 Å². The summed E-state index contributed by atoms with van der Waals surface area (Å²) in [6.45, 7) is 7.71. The molecule has 0 aromatic carbocycles. The van der Waals surface area contributed by atoms with Crippen molar-refractivity contribution in [1.29, 1.82) is 0 Å². The van der Waals surface area contributed by atoms with E-state index in [9.17, 15) is 0 Å². The summed E-state index contributed by atoms with van der Waals surface area (Å²) in [7, 11) is 2.01. The molecule has 18 heavy (non-hydrogen) atoms. The quantitative estimate of drug-likeness (QED) is 0.800. The van der Waals surface area contributed by atoms with E-state index in [0.29, 0.717) is 18.4 Å². The van der Waals surface area contributed by atoms with Crippen molar-refractivity contribution < 1.29 is 4.74 Å². The van der Waals surface area contributed by atoms with Crippen LogP contribution in [-0.2, 0) is 0 Å². The van der Waals surface area contributed by atoms with Crippen molar-refractivity contribution in [1.82, 2.24) is 9.97 Å². The lowest BCUT2D eigenvalue weighted by Gasteiger charge is -2.22. The third kappa shape index (κ3) is 4.49. The van der Waals surface area contributed by atoms with Gasteiger partial charge in [-0.25, -0.2) is 9.97 Å². The van der Waals surface area contributed by atoms with E-state index in [0.717, 1.165) is 18.8 Å². The van der Waals surface area contributed by atoms with Crippen LogP contribution in [0.2, 0.25) is 0 Å².